The highest BCUT2D eigenvalue weighted by Gasteiger charge is 2.44. The van der Waals surface area contributed by atoms with Gasteiger partial charge < -0.3 is 9.30 Å². The molecule has 0 atom stereocenters. The third-order valence-corrected chi connectivity index (χ3v) is 18.6. The van der Waals surface area contributed by atoms with Crippen LogP contribution in [-0.4, -0.2) is 18.6 Å². The summed E-state index contributed by atoms with van der Waals surface area (Å²) in [7, 11) is -2.80. The van der Waals surface area contributed by atoms with Crippen LogP contribution >= 0.6 is 11.6 Å². The van der Waals surface area contributed by atoms with Crippen molar-refractivity contribution in [1.82, 2.24) is 4.57 Å². The van der Waals surface area contributed by atoms with E-state index in [2.05, 4.69) is 223 Å². The van der Waals surface area contributed by atoms with Gasteiger partial charge in [0.05, 0.1) is 16.7 Å². The van der Waals surface area contributed by atoms with E-state index in [9.17, 15) is 0 Å². The molecule has 1 aromatic heterocycles. The summed E-state index contributed by atoms with van der Waals surface area (Å²) in [5.41, 5.74) is 10.9. The third kappa shape index (κ3) is 5.22. The summed E-state index contributed by atoms with van der Waals surface area (Å²) in [5.74, 6) is 1.91. The van der Waals surface area contributed by atoms with Crippen LogP contribution in [0.3, 0.4) is 0 Å². The molecule has 0 unspecified atom stereocenters. The first-order valence-electron chi connectivity index (χ1n) is 20.3. The van der Waals surface area contributed by atoms with E-state index in [0.29, 0.717) is 0 Å². The molecule has 0 saturated heterocycles. The largest absolute Gasteiger partial charge is 0.458 e. The van der Waals surface area contributed by atoms with Crippen molar-refractivity contribution in [3.05, 3.63) is 218 Å². The van der Waals surface area contributed by atoms with Crippen molar-refractivity contribution in [3.8, 4) is 39.4 Å². The predicted octanol–water partition coefficient (Wildman–Crippen LogP) is 9.81. The quantitative estimate of drug-likeness (QED) is 0.123. The lowest BCUT2D eigenvalue weighted by Crippen LogP contribution is -2.75. The molecule has 2 nitrogen and oxygen atoms in total. The maximum Gasteiger partial charge on any atom is 0.289 e. The predicted molar refractivity (Wildman–Crippen MR) is 253 cm³/mol. The van der Waals surface area contributed by atoms with Crippen LogP contribution in [0.5, 0.6) is 11.5 Å². The number of ether oxygens (including phenoxy) is 1. The van der Waals surface area contributed by atoms with Crippen LogP contribution in [0.25, 0.3) is 49.7 Å². The average Bonchev–Trinajstić information content (AvgIpc) is 3.65. The lowest BCUT2D eigenvalue weighted by atomic mass is 9.57. The summed E-state index contributed by atoms with van der Waals surface area (Å²) in [6, 6.07) is 80.7. The van der Waals surface area contributed by atoms with Crippen LogP contribution in [-0.2, 0) is 0 Å². The van der Waals surface area contributed by atoms with E-state index in [0.717, 1.165) is 17.2 Å². The third-order valence-electron chi connectivity index (χ3n) is 12.4. The van der Waals surface area contributed by atoms with Gasteiger partial charge in [0.2, 0.25) is 0 Å². The van der Waals surface area contributed by atoms with Gasteiger partial charge in [-0.1, -0.05) is 182 Å². The molecular weight excluding hydrogens is 750 g/mol. The van der Waals surface area contributed by atoms with Crippen molar-refractivity contribution in [2.24, 2.45) is 0 Å². The van der Waals surface area contributed by atoms with Gasteiger partial charge in [-0.25, -0.2) is 0 Å². The Morgan fingerprint density at radius 2 is 0.983 bits per heavy atom. The van der Waals surface area contributed by atoms with Gasteiger partial charge in [0.25, 0.3) is 5.99 Å². The highest BCUT2D eigenvalue weighted by molar-refractivity contribution is 8.28. The van der Waals surface area contributed by atoms with Crippen LogP contribution < -0.4 is 36.4 Å². The van der Waals surface area contributed by atoms with E-state index in [1.807, 2.05) is 11.6 Å². The van der Waals surface area contributed by atoms with Gasteiger partial charge >= 0.3 is 0 Å². The summed E-state index contributed by atoms with van der Waals surface area (Å²) in [6.07, 6.45) is 0. The first kappa shape index (κ1) is 34.3. The SMILES string of the molecule is c1ccc([Si](c2ccccc2)(c2ccccc2)c2ccccc2-c2ccc3c(c2)B2Sc4ccccc4-c4cc(-n5c6ccccc6c6ccccc65)cc(c42)O3)cc1. The van der Waals surface area contributed by atoms with Crippen molar-refractivity contribution in [1.29, 1.82) is 0 Å². The van der Waals surface area contributed by atoms with Gasteiger partial charge in [0, 0.05) is 21.7 Å². The van der Waals surface area contributed by atoms with Crippen LogP contribution in [0.2, 0.25) is 0 Å². The van der Waals surface area contributed by atoms with Crippen LogP contribution in [0.4, 0.5) is 0 Å². The Morgan fingerprint density at radius 1 is 0.441 bits per heavy atom. The minimum Gasteiger partial charge on any atom is -0.458 e. The maximum absolute atomic E-state index is 7.08. The fraction of sp³-hybridized carbons (Fsp3) is 0. The smallest absolute Gasteiger partial charge is 0.289 e. The zero-order valence-corrected chi connectivity index (χ0v) is 33.9. The summed E-state index contributed by atoms with van der Waals surface area (Å²) >= 11 is 1.94. The second kappa shape index (κ2) is 13.7. The Morgan fingerprint density at radius 3 is 1.63 bits per heavy atom. The lowest BCUT2D eigenvalue weighted by molar-refractivity contribution is 0.487. The van der Waals surface area contributed by atoms with Crippen molar-refractivity contribution in [2.75, 3.05) is 0 Å². The molecule has 0 amide bonds. The van der Waals surface area contributed by atoms with E-state index in [4.69, 9.17) is 4.74 Å². The Hall–Kier alpha value is -6.79. The van der Waals surface area contributed by atoms with Gasteiger partial charge in [-0.05, 0) is 84.3 Å². The first-order valence-corrected chi connectivity index (χ1v) is 23.2. The number of benzene rings is 9. The van der Waals surface area contributed by atoms with E-state index >= 15 is 0 Å². The molecule has 10 aromatic rings. The Labute approximate surface area is 349 Å². The molecule has 0 aliphatic carbocycles. The second-order valence-electron chi connectivity index (χ2n) is 15.5. The molecule has 0 N–H and O–H groups in total. The van der Waals surface area contributed by atoms with Gasteiger partial charge in [-0.2, -0.15) is 11.6 Å². The normalized spacial score (nSPS) is 12.8. The Kier molecular flexibility index (Phi) is 7.94. The maximum atomic E-state index is 7.08. The van der Waals surface area contributed by atoms with Gasteiger partial charge in [-0.3, -0.25) is 0 Å². The van der Waals surface area contributed by atoms with Crippen LogP contribution in [0, 0.1) is 0 Å². The van der Waals surface area contributed by atoms with Crippen molar-refractivity contribution in [2.45, 2.75) is 4.90 Å². The highest BCUT2D eigenvalue weighted by Crippen LogP contribution is 2.45. The molecule has 5 heteroatoms. The molecule has 59 heavy (non-hydrogen) atoms. The number of nitrogens with zero attached hydrogens (tertiary/aromatic N) is 1. The van der Waals surface area contributed by atoms with E-state index in [1.165, 1.54) is 80.6 Å². The lowest BCUT2D eigenvalue weighted by Gasteiger charge is -2.36. The Balaban J connectivity index is 1.06. The summed E-state index contributed by atoms with van der Waals surface area (Å²) in [4.78, 5) is 1.29. The van der Waals surface area contributed by atoms with E-state index in [-0.39, 0.29) is 5.99 Å². The molecule has 0 bridgehead atoms. The number of hydrogen-bond acceptors (Lipinski definition) is 2. The van der Waals surface area contributed by atoms with E-state index < -0.39 is 8.07 Å². The number of aromatic nitrogens is 1. The van der Waals surface area contributed by atoms with Gasteiger partial charge in [0.1, 0.15) is 11.5 Å². The van der Waals surface area contributed by atoms with Crippen LogP contribution in [0.1, 0.15) is 0 Å². The standard InChI is InChI=1S/C54H36BNOSSi/c1-4-18-39(19-5-1)59(40-20-6-2-7-21-40,41-22-8-3-9-23-41)53-31-17-13-24-42(53)37-32-33-50-47(34-37)55-54-46(45-27-12-16-30-52(45)58-55)35-38(36-51(54)57-50)56-48-28-14-10-25-43(48)44-26-11-15-29-49(44)56/h1-36H. The molecule has 2 aliphatic heterocycles. The molecule has 2 aliphatic rings. The summed E-state index contributed by atoms with van der Waals surface area (Å²) in [5, 5.41) is 7.97. The zero-order chi connectivity index (χ0) is 38.9. The highest BCUT2D eigenvalue weighted by atomic mass is 32.2. The monoisotopic (exact) mass is 785 g/mol. The molecule has 0 fully saturated rings. The first-order chi connectivity index (χ1) is 29.3. The fourth-order valence-electron chi connectivity index (χ4n) is 9.94. The minimum absolute atomic E-state index is 0.0670. The fourth-order valence-corrected chi connectivity index (χ4v) is 16.3. The molecule has 276 valence electrons. The molecule has 9 aromatic carbocycles. The zero-order valence-electron chi connectivity index (χ0n) is 32.1. The average molecular weight is 786 g/mol. The van der Waals surface area contributed by atoms with Crippen molar-refractivity contribution < 1.29 is 4.74 Å². The topological polar surface area (TPSA) is 14.2 Å². The van der Waals surface area contributed by atoms with Crippen LogP contribution in [0.15, 0.2) is 223 Å². The minimum atomic E-state index is -2.80. The summed E-state index contributed by atoms with van der Waals surface area (Å²) < 4.78 is 9.49. The van der Waals surface area contributed by atoms with Crippen molar-refractivity contribution >= 4 is 79.2 Å². The van der Waals surface area contributed by atoms with Crippen molar-refractivity contribution in [3.63, 3.8) is 0 Å². The molecule has 0 radical (unpaired) electrons. The molecule has 12 rings (SSSR count). The number of fused-ring (bicyclic) bond motifs is 7. The second-order valence-corrected chi connectivity index (χ2v) is 20.4. The molecular formula is C54H36BNOSSi. The number of para-hydroxylation sites is 2. The molecule has 0 saturated carbocycles. The van der Waals surface area contributed by atoms with E-state index in [1.54, 1.807) is 0 Å². The number of rotatable bonds is 6. The van der Waals surface area contributed by atoms with Gasteiger partial charge in [0.15, 0.2) is 8.07 Å². The number of hydrogen-bond donors (Lipinski definition) is 0. The Bertz CT molecular complexity index is 3090. The molecule has 0 spiro atoms. The molecule has 3 heterocycles. The summed E-state index contributed by atoms with van der Waals surface area (Å²) in [6.45, 7) is 0. The van der Waals surface area contributed by atoms with Gasteiger partial charge in [-0.15, -0.1) is 0 Å².